The van der Waals surface area contributed by atoms with Crippen molar-refractivity contribution in [3.8, 4) is 0 Å². The predicted octanol–water partition coefficient (Wildman–Crippen LogP) is 9.49. The number of carbonyl (C=O) groups is 2. The first-order valence-corrected chi connectivity index (χ1v) is 25.0. The highest BCUT2D eigenvalue weighted by Gasteiger charge is 2.63. The lowest BCUT2D eigenvalue weighted by molar-refractivity contribution is -0.397. The normalized spacial score (nSPS) is 40.1. The number of carbonyl (C=O) groups excluding carboxylic acids is 1. The highest BCUT2D eigenvalue weighted by atomic mass is 35.5. The molecule has 18 atom stereocenters. The Hall–Kier alpha value is -1.91. The maximum atomic E-state index is 14.7. The Bertz CT molecular complexity index is 1860. The number of carboxylic acid groups (broad SMARTS) is 1. The van der Waals surface area contributed by atoms with E-state index in [1.54, 1.807) is 25.1 Å². The molecule has 1 aromatic rings. The van der Waals surface area contributed by atoms with Crippen molar-refractivity contribution >= 4 is 58.0 Å². The van der Waals surface area contributed by atoms with E-state index in [1.165, 1.54) is 0 Å². The van der Waals surface area contributed by atoms with Gasteiger partial charge in [0, 0.05) is 45.8 Å². The first kappa shape index (κ1) is 51.5. The Morgan fingerprint density at radius 1 is 0.906 bits per heavy atom. The van der Waals surface area contributed by atoms with Crippen LogP contribution in [0.15, 0.2) is 30.4 Å². The van der Waals surface area contributed by atoms with Gasteiger partial charge in [0.1, 0.15) is 11.8 Å². The zero-order valence-corrected chi connectivity index (χ0v) is 41.7. The van der Waals surface area contributed by atoms with Gasteiger partial charge in [-0.1, -0.05) is 84.7 Å². The summed E-state index contributed by atoms with van der Waals surface area (Å²) >= 11 is 18.5. The van der Waals surface area contributed by atoms with Gasteiger partial charge in [0.05, 0.1) is 53.7 Å². The van der Waals surface area contributed by atoms with E-state index in [9.17, 15) is 24.9 Å². The largest absolute Gasteiger partial charge is 0.481 e. The Morgan fingerprint density at radius 3 is 2.19 bits per heavy atom. The highest BCUT2D eigenvalue weighted by Crippen LogP contribution is 2.54. The number of ether oxygens (including phenoxy) is 5. The van der Waals surface area contributed by atoms with Gasteiger partial charge in [0.15, 0.2) is 16.7 Å². The first-order chi connectivity index (χ1) is 30.0. The Labute approximate surface area is 396 Å². The summed E-state index contributed by atoms with van der Waals surface area (Å²) in [6.45, 7) is 19.8. The number of nitrogens with one attached hydrogen (secondary N) is 2. The van der Waals surface area contributed by atoms with Crippen LogP contribution in [0, 0.1) is 41.4 Å². The third-order valence-electron chi connectivity index (χ3n) is 15.9. The summed E-state index contributed by atoms with van der Waals surface area (Å²) in [6.07, 6.45) is 6.74. The Morgan fingerprint density at radius 2 is 1.58 bits per heavy atom. The van der Waals surface area contributed by atoms with E-state index in [0.29, 0.717) is 78.6 Å². The van der Waals surface area contributed by atoms with Gasteiger partial charge in [-0.15, -0.1) is 0 Å². The number of anilines is 1. The molecule has 0 radical (unpaired) electrons. The molecule has 2 spiro atoms. The SMILES string of the molecule is CC[C@@H](C(=O)[C@@H](C)[C@@H](O)[C@H](C)[C@@H]1O[C@@H]([C@@H](CC)C(=O)O)CC[C@@H]1C)[C@H]1O[C@]2(C=C[C@@H](NC(=S)Nc3cc(Cl)cc(Cl)c3)[C@]3(CC[C@@](C)([C@H]4CC[C@](O)(CC)[C@H](C)O4)O3)O2)[C@H](C)C[C@@H]1C. The number of Topliss-reactive ketones (excluding diaryl/α,β-unsaturated/α-hetero) is 1. The molecule has 15 heteroatoms. The van der Waals surface area contributed by atoms with Crippen LogP contribution in [0.4, 0.5) is 5.69 Å². The molecular formula is C49H74Cl2N2O10S. The van der Waals surface area contributed by atoms with Crippen LogP contribution in [-0.2, 0) is 33.3 Å². The quantitative estimate of drug-likeness (QED) is 0.0886. The topological polar surface area (TPSA) is 165 Å². The van der Waals surface area contributed by atoms with Crippen molar-refractivity contribution in [1.82, 2.24) is 5.32 Å². The molecule has 0 bridgehead atoms. The zero-order chi connectivity index (χ0) is 47.1. The van der Waals surface area contributed by atoms with Crippen molar-refractivity contribution in [1.29, 1.82) is 0 Å². The molecule has 5 N–H and O–H groups in total. The number of ketones is 1. The van der Waals surface area contributed by atoms with Gasteiger partial charge in [-0.3, -0.25) is 9.59 Å². The maximum absolute atomic E-state index is 14.7. The average Bonchev–Trinajstić information content (AvgIpc) is 3.58. The lowest BCUT2D eigenvalue weighted by Crippen LogP contribution is -2.66. The Balaban J connectivity index is 1.25. The van der Waals surface area contributed by atoms with Crippen LogP contribution < -0.4 is 10.6 Å². The van der Waals surface area contributed by atoms with E-state index < -0.39 is 82.9 Å². The van der Waals surface area contributed by atoms with Crippen molar-refractivity contribution in [2.24, 2.45) is 41.4 Å². The number of aliphatic hydroxyl groups is 2. The molecule has 360 valence electrons. The lowest BCUT2D eigenvalue weighted by atomic mass is 9.72. The van der Waals surface area contributed by atoms with Gasteiger partial charge < -0.3 is 49.6 Å². The molecule has 0 amide bonds. The molecular weight excluding hydrogens is 880 g/mol. The minimum atomic E-state index is -1.29. The summed E-state index contributed by atoms with van der Waals surface area (Å²) in [5.74, 6) is -5.93. The molecule has 4 saturated heterocycles. The summed E-state index contributed by atoms with van der Waals surface area (Å²) in [4.78, 5) is 26.8. The zero-order valence-electron chi connectivity index (χ0n) is 39.4. The fourth-order valence-corrected chi connectivity index (χ4v) is 12.4. The van der Waals surface area contributed by atoms with E-state index >= 15 is 0 Å². The third kappa shape index (κ3) is 10.4. The number of benzene rings is 1. The molecule has 0 saturated carbocycles. The van der Waals surface area contributed by atoms with Crippen LogP contribution >= 0.6 is 35.4 Å². The second kappa shape index (κ2) is 20.4. The number of halogens is 2. The molecule has 1 aromatic carbocycles. The van der Waals surface area contributed by atoms with Gasteiger partial charge in [-0.25, -0.2) is 0 Å². The third-order valence-corrected chi connectivity index (χ3v) is 16.5. The minimum absolute atomic E-state index is 0.0185. The fourth-order valence-electron chi connectivity index (χ4n) is 11.6. The lowest BCUT2D eigenvalue weighted by Gasteiger charge is -2.55. The van der Waals surface area contributed by atoms with E-state index in [0.717, 1.165) is 6.42 Å². The van der Waals surface area contributed by atoms with Gasteiger partial charge in [0.25, 0.3) is 0 Å². The van der Waals surface area contributed by atoms with E-state index in [-0.39, 0.29) is 35.7 Å². The van der Waals surface area contributed by atoms with Crippen molar-refractivity contribution in [3.63, 3.8) is 0 Å². The van der Waals surface area contributed by atoms with Crippen molar-refractivity contribution < 1.29 is 48.6 Å². The number of rotatable bonds is 14. The smallest absolute Gasteiger partial charge is 0.309 e. The molecule has 5 heterocycles. The summed E-state index contributed by atoms with van der Waals surface area (Å²) in [5, 5.41) is 40.9. The highest BCUT2D eigenvalue weighted by molar-refractivity contribution is 7.80. The van der Waals surface area contributed by atoms with Crippen LogP contribution in [0.5, 0.6) is 0 Å². The van der Waals surface area contributed by atoms with Crippen LogP contribution in [0.3, 0.4) is 0 Å². The summed E-state index contributed by atoms with van der Waals surface area (Å²) in [5.41, 5.74) is -1.08. The molecule has 0 unspecified atom stereocenters. The molecule has 5 aliphatic heterocycles. The molecule has 0 aromatic heterocycles. The van der Waals surface area contributed by atoms with E-state index in [1.807, 2.05) is 46.8 Å². The molecule has 5 aliphatic rings. The van der Waals surface area contributed by atoms with Crippen molar-refractivity contribution in [3.05, 3.63) is 40.4 Å². The fraction of sp³-hybridized carbons (Fsp3) is 0.776. The van der Waals surface area contributed by atoms with Crippen LogP contribution in [0.2, 0.25) is 10.0 Å². The maximum Gasteiger partial charge on any atom is 0.309 e. The van der Waals surface area contributed by atoms with Gasteiger partial charge in [-0.2, -0.15) is 0 Å². The summed E-state index contributed by atoms with van der Waals surface area (Å²) in [6, 6.07) is 4.53. The van der Waals surface area contributed by atoms with Crippen LogP contribution in [0.25, 0.3) is 0 Å². The van der Waals surface area contributed by atoms with Gasteiger partial charge in [-0.05, 0) is 120 Å². The summed E-state index contributed by atoms with van der Waals surface area (Å²) in [7, 11) is 0. The number of aliphatic carboxylic acids is 1. The number of thiocarbonyl (C=S) groups is 1. The second-order valence-electron chi connectivity index (χ2n) is 20.2. The van der Waals surface area contributed by atoms with E-state index in [2.05, 4.69) is 38.3 Å². The molecule has 0 aliphatic carbocycles. The molecule has 12 nitrogen and oxygen atoms in total. The Kier molecular flexibility index (Phi) is 16.4. The number of aliphatic hydroxyl groups excluding tert-OH is 1. The summed E-state index contributed by atoms with van der Waals surface area (Å²) < 4.78 is 34.8. The van der Waals surface area contributed by atoms with Gasteiger partial charge in [0.2, 0.25) is 0 Å². The second-order valence-corrected chi connectivity index (χ2v) is 21.5. The van der Waals surface area contributed by atoms with Crippen LogP contribution in [-0.4, -0.2) is 97.6 Å². The van der Waals surface area contributed by atoms with Gasteiger partial charge >= 0.3 is 5.97 Å². The molecule has 6 rings (SSSR count). The minimum Gasteiger partial charge on any atom is -0.481 e. The standard InChI is InChI=1S/C49H74Cl2N2O10S/c1-11-35(44(56)57)37-15-14-26(4)42(60-37)30(8)40(54)29(7)41(55)36(12-2)43-27(5)22-28(6)48(61-43)19-16-38(53-45(64)52-34-24-32(50)23-33(51)25-34)49(63-48)21-20-46(10,62-49)39-17-18-47(58,13-3)31(9)59-39/h16,19,23-31,35-40,42-43,54,58H,11-15,17-18,20-22H2,1-10H3,(H,56,57)(H2,52,53,64)/t26-,27-,28+,29-,30-,31-,35+,36-,37+,38+,39+,40+,42+,43-,46-,47+,48-,49-/m0/s1. The van der Waals surface area contributed by atoms with Crippen molar-refractivity contribution in [2.45, 2.75) is 199 Å². The first-order valence-electron chi connectivity index (χ1n) is 23.8. The predicted molar refractivity (Wildman–Crippen MR) is 252 cm³/mol. The molecule has 4 fully saturated rings. The molecule has 64 heavy (non-hydrogen) atoms. The van der Waals surface area contributed by atoms with Crippen molar-refractivity contribution in [2.75, 3.05) is 5.32 Å². The average molecular weight is 954 g/mol. The number of hydrogen-bond acceptors (Lipinski definition) is 10. The number of hydrogen-bond donors (Lipinski definition) is 5. The monoisotopic (exact) mass is 952 g/mol. The van der Waals surface area contributed by atoms with E-state index in [4.69, 9.17) is 59.1 Å². The number of carboxylic acids is 1. The van der Waals surface area contributed by atoms with Crippen LogP contribution in [0.1, 0.15) is 133 Å².